The highest BCUT2D eigenvalue weighted by Crippen LogP contribution is 2.23. The highest BCUT2D eigenvalue weighted by Gasteiger charge is 2.15. The number of hydrogen-bond acceptors (Lipinski definition) is 4. The molecule has 0 spiro atoms. The standard InChI is InChI=1S/C20H26N4O/c1-20(2,3)15-7-9-16(10-8-15)23-19(25)17-13-22-18(14-21-17)24-11-5-4-6-12-24/h7-10,13-14H,4-6,11-12H2,1-3H3,(H,23,25). The predicted molar refractivity (Wildman–Crippen MR) is 101 cm³/mol. The molecule has 3 rings (SSSR count). The molecular weight excluding hydrogens is 312 g/mol. The SMILES string of the molecule is CC(C)(C)c1ccc(NC(=O)c2cnc(N3CCCCC3)cn2)cc1. The van der Waals surface area contributed by atoms with Crippen LogP contribution in [0.2, 0.25) is 0 Å². The first kappa shape index (κ1) is 17.4. The van der Waals surface area contributed by atoms with E-state index in [0.29, 0.717) is 5.69 Å². The maximum Gasteiger partial charge on any atom is 0.275 e. The van der Waals surface area contributed by atoms with Crippen molar-refractivity contribution in [2.75, 3.05) is 23.3 Å². The van der Waals surface area contributed by atoms with E-state index in [0.717, 1.165) is 24.6 Å². The number of benzene rings is 1. The molecule has 0 bridgehead atoms. The lowest BCUT2D eigenvalue weighted by atomic mass is 9.87. The zero-order chi connectivity index (χ0) is 17.9. The van der Waals surface area contributed by atoms with Crippen LogP contribution in [-0.4, -0.2) is 29.0 Å². The Morgan fingerprint density at radius 3 is 2.24 bits per heavy atom. The summed E-state index contributed by atoms with van der Waals surface area (Å²) in [6, 6.07) is 7.93. The molecule has 1 amide bonds. The molecule has 1 fully saturated rings. The Balaban J connectivity index is 1.64. The van der Waals surface area contributed by atoms with Crippen molar-refractivity contribution >= 4 is 17.4 Å². The van der Waals surface area contributed by atoms with Gasteiger partial charge in [-0.15, -0.1) is 0 Å². The van der Waals surface area contributed by atoms with Crippen LogP contribution >= 0.6 is 0 Å². The van der Waals surface area contributed by atoms with E-state index in [1.807, 2.05) is 24.3 Å². The minimum Gasteiger partial charge on any atom is -0.355 e. The first-order chi connectivity index (χ1) is 11.9. The summed E-state index contributed by atoms with van der Waals surface area (Å²) in [5.41, 5.74) is 2.43. The minimum atomic E-state index is -0.235. The van der Waals surface area contributed by atoms with Gasteiger partial charge in [-0.25, -0.2) is 9.97 Å². The second-order valence-corrected chi connectivity index (χ2v) is 7.59. The molecule has 1 aliphatic heterocycles. The number of amides is 1. The van der Waals surface area contributed by atoms with Crippen molar-refractivity contribution in [2.45, 2.75) is 45.4 Å². The summed E-state index contributed by atoms with van der Waals surface area (Å²) >= 11 is 0. The van der Waals surface area contributed by atoms with Crippen molar-refractivity contribution in [3.63, 3.8) is 0 Å². The summed E-state index contributed by atoms with van der Waals surface area (Å²) in [4.78, 5) is 23.3. The van der Waals surface area contributed by atoms with Crippen LogP contribution in [0.15, 0.2) is 36.7 Å². The van der Waals surface area contributed by atoms with Crippen LogP contribution in [0.4, 0.5) is 11.5 Å². The Kier molecular flexibility index (Phi) is 5.02. The van der Waals surface area contributed by atoms with E-state index in [-0.39, 0.29) is 11.3 Å². The summed E-state index contributed by atoms with van der Waals surface area (Å²) in [6.45, 7) is 8.53. The first-order valence-electron chi connectivity index (χ1n) is 8.92. The quantitative estimate of drug-likeness (QED) is 0.918. The fourth-order valence-electron chi connectivity index (χ4n) is 2.97. The molecule has 0 aliphatic carbocycles. The number of piperidine rings is 1. The molecule has 2 heterocycles. The number of hydrogen-bond donors (Lipinski definition) is 1. The van der Waals surface area contributed by atoms with Crippen LogP contribution in [0.5, 0.6) is 0 Å². The summed E-state index contributed by atoms with van der Waals surface area (Å²) in [5.74, 6) is 0.618. The summed E-state index contributed by atoms with van der Waals surface area (Å²) in [5, 5.41) is 2.88. The lowest BCUT2D eigenvalue weighted by Crippen LogP contribution is -2.30. The molecule has 0 atom stereocenters. The van der Waals surface area contributed by atoms with Crippen molar-refractivity contribution in [3.8, 4) is 0 Å². The largest absolute Gasteiger partial charge is 0.355 e. The highest BCUT2D eigenvalue weighted by atomic mass is 16.1. The normalized spacial score (nSPS) is 15.1. The third-order valence-electron chi connectivity index (χ3n) is 4.56. The topological polar surface area (TPSA) is 58.1 Å². The molecule has 132 valence electrons. The lowest BCUT2D eigenvalue weighted by Gasteiger charge is -2.27. The number of carbonyl (C=O) groups excluding carboxylic acids is 1. The molecule has 1 aromatic heterocycles. The van der Waals surface area contributed by atoms with E-state index in [2.05, 4.69) is 41.0 Å². The van der Waals surface area contributed by atoms with Crippen molar-refractivity contribution in [3.05, 3.63) is 47.9 Å². The molecule has 5 nitrogen and oxygen atoms in total. The van der Waals surface area contributed by atoms with Gasteiger partial charge in [0.05, 0.1) is 12.4 Å². The van der Waals surface area contributed by atoms with E-state index >= 15 is 0 Å². The fourth-order valence-corrected chi connectivity index (χ4v) is 2.97. The molecule has 5 heteroatoms. The molecule has 1 aromatic carbocycles. The minimum absolute atomic E-state index is 0.0955. The van der Waals surface area contributed by atoms with E-state index in [1.54, 1.807) is 12.4 Å². The molecule has 1 N–H and O–H groups in total. The smallest absolute Gasteiger partial charge is 0.275 e. The van der Waals surface area contributed by atoms with Gasteiger partial charge in [-0.1, -0.05) is 32.9 Å². The number of rotatable bonds is 3. The van der Waals surface area contributed by atoms with Crippen molar-refractivity contribution < 1.29 is 4.79 Å². The summed E-state index contributed by atoms with van der Waals surface area (Å²) in [6.07, 6.45) is 6.91. The van der Waals surface area contributed by atoms with Gasteiger partial charge in [0.15, 0.2) is 0 Å². The Morgan fingerprint density at radius 2 is 1.68 bits per heavy atom. The van der Waals surface area contributed by atoms with E-state index < -0.39 is 0 Å². The van der Waals surface area contributed by atoms with E-state index in [9.17, 15) is 4.79 Å². The van der Waals surface area contributed by atoms with Crippen molar-refractivity contribution in [1.29, 1.82) is 0 Å². The third-order valence-corrected chi connectivity index (χ3v) is 4.56. The summed E-state index contributed by atoms with van der Waals surface area (Å²) < 4.78 is 0. The monoisotopic (exact) mass is 338 g/mol. The summed E-state index contributed by atoms with van der Waals surface area (Å²) in [7, 11) is 0. The molecular formula is C20H26N4O. The highest BCUT2D eigenvalue weighted by molar-refractivity contribution is 6.02. The van der Waals surface area contributed by atoms with Crippen LogP contribution in [0, 0.1) is 0 Å². The maximum absolute atomic E-state index is 12.4. The van der Waals surface area contributed by atoms with E-state index in [1.165, 1.54) is 24.8 Å². The van der Waals surface area contributed by atoms with Crippen molar-refractivity contribution in [1.82, 2.24) is 9.97 Å². The van der Waals surface area contributed by atoms with Gasteiger partial charge >= 0.3 is 0 Å². The molecule has 1 saturated heterocycles. The molecule has 0 unspecified atom stereocenters. The molecule has 2 aromatic rings. The fraction of sp³-hybridized carbons (Fsp3) is 0.450. The first-order valence-corrected chi connectivity index (χ1v) is 8.92. The number of nitrogens with zero attached hydrogens (tertiary/aromatic N) is 3. The van der Waals surface area contributed by atoms with Gasteiger partial charge in [0.2, 0.25) is 0 Å². The predicted octanol–water partition coefficient (Wildman–Crippen LogP) is 4.02. The van der Waals surface area contributed by atoms with Gasteiger partial charge in [0.1, 0.15) is 11.5 Å². The van der Waals surface area contributed by atoms with Gasteiger partial charge in [-0.2, -0.15) is 0 Å². The van der Waals surface area contributed by atoms with E-state index in [4.69, 9.17) is 0 Å². The average Bonchev–Trinajstić information content (AvgIpc) is 2.62. The number of anilines is 2. The van der Waals surface area contributed by atoms with Crippen LogP contribution in [-0.2, 0) is 5.41 Å². The Bertz CT molecular complexity index is 711. The number of nitrogens with one attached hydrogen (secondary N) is 1. The van der Waals surface area contributed by atoms with Crippen molar-refractivity contribution in [2.24, 2.45) is 0 Å². The molecule has 0 saturated carbocycles. The number of aromatic nitrogens is 2. The Morgan fingerprint density at radius 1 is 1.00 bits per heavy atom. The molecule has 25 heavy (non-hydrogen) atoms. The van der Waals surface area contributed by atoms with Crippen LogP contribution in [0.25, 0.3) is 0 Å². The second kappa shape index (κ2) is 7.21. The van der Waals surface area contributed by atoms with Gasteiger partial charge in [-0.3, -0.25) is 4.79 Å². The third kappa shape index (κ3) is 4.35. The Labute approximate surface area is 149 Å². The zero-order valence-corrected chi connectivity index (χ0v) is 15.2. The van der Waals surface area contributed by atoms with Crippen LogP contribution in [0.1, 0.15) is 56.1 Å². The lowest BCUT2D eigenvalue weighted by molar-refractivity contribution is 0.102. The molecule has 0 radical (unpaired) electrons. The number of carbonyl (C=O) groups is 1. The average molecular weight is 338 g/mol. The Hall–Kier alpha value is -2.43. The molecule has 1 aliphatic rings. The zero-order valence-electron chi connectivity index (χ0n) is 15.2. The van der Waals surface area contributed by atoms with Gasteiger partial charge in [0, 0.05) is 18.8 Å². The van der Waals surface area contributed by atoms with Gasteiger partial charge in [-0.05, 0) is 42.4 Å². The van der Waals surface area contributed by atoms with Gasteiger partial charge in [0.25, 0.3) is 5.91 Å². The maximum atomic E-state index is 12.4. The van der Waals surface area contributed by atoms with Crippen LogP contribution < -0.4 is 10.2 Å². The van der Waals surface area contributed by atoms with Gasteiger partial charge < -0.3 is 10.2 Å². The van der Waals surface area contributed by atoms with Crippen LogP contribution in [0.3, 0.4) is 0 Å². The second-order valence-electron chi connectivity index (χ2n) is 7.59.